The summed E-state index contributed by atoms with van der Waals surface area (Å²) in [5, 5.41) is 4.79. The van der Waals surface area contributed by atoms with Crippen LogP contribution in [0.1, 0.15) is 13.8 Å². The van der Waals surface area contributed by atoms with Crippen LogP contribution in [0.15, 0.2) is 53.4 Å². The second-order valence-electron chi connectivity index (χ2n) is 5.83. The Hall–Kier alpha value is -3.00. The van der Waals surface area contributed by atoms with E-state index in [1.54, 1.807) is 25.1 Å². The van der Waals surface area contributed by atoms with E-state index in [0.29, 0.717) is 17.1 Å². The Labute approximate surface area is 167 Å². The van der Waals surface area contributed by atoms with E-state index in [9.17, 15) is 14.4 Å². The van der Waals surface area contributed by atoms with Gasteiger partial charge in [0.2, 0.25) is 5.91 Å². The van der Waals surface area contributed by atoms with Crippen molar-refractivity contribution < 1.29 is 23.9 Å². The first-order valence-electron chi connectivity index (χ1n) is 8.53. The third-order valence-corrected chi connectivity index (χ3v) is 4.62. The van der Waals surface area contributed by atoms with Crippen LogP contribution in [0.3, 0.4) is 0 Å². The molecule has 0 aliphatic heterocycles. The van der Waals surface area contributed by atoms with Gasteiger partial charge in [-0.25, -0.2) is 0 Å². The van der Waals surface area contributed by atoms with Gasteiger partial charge in [0.05, 0.1) is 12.8 Å². The van der Waals surface area contributed by atoms with E-state index in [1.165, 1.54) is 25.8 Å². The molecular weight excluding hydrogens is 380 g/mol. The third kappa shape index (κ3) is 6.62. The number of methoxy groups -OCH3 is 1. The Kier molecular flexibility index (Phi) is 7.88. The molecule has 2 amide bonds. The topological polar surface area (TPSA) is 93.7 Å². The maximum absolute atomic E-state index is 12.2. The number of esters is 1. The minimum Gasteiger partial charge on any atom is -0.495 e. The smallest absolute Gasteiger partial charge is 0.319 e. The van der Waals surface area contributed by atoms with Crippen molar-refractivity contribution in [1.82, 2.24) is 0 Å². The lowest BCUT2D eigenvalue weighted by molar-refractivity contribution is -0.146. The van der Waals surface area contributed by atoms with Crippen LogP contribution in [0.5, 0.6) is 5.75 Å². The predicted octanol–water partition coefficient (Wildman–Crippen LogP) is 3.32. The van der Waals surface area contributed by atoms with Gasteiger partial charge in [-0.05, 0) is 37.3 Å². The third-order valence-electron chi connectivity index (χ3n) is 3.53. The minimum absolute atomic E-state index is 0.235. The number of hydrogen-bond donors (Lipinski definition) is 2. The molecule has 0 bridgehead atoms. The normalized spacial score (nSPS) is 11.2. The van der Waals surface area contributed by atoms with Crippen molar-refractivity contribution in [3.05, 3.63) is 48.5 Å². The van der Waals surface area contributed by atoms with E-state index < -0.39 is 23.7 Å². The van der Waals surface area contributed by atoms with Gasteiger partial charge in [-0.2, -0.15) is 0 Å². The fourth-order valence-corrected chi connectivity index (χ4v) is 3.17. The van der Waals surface area contributed by atoms with E-state index >= 15 is 0 Å². The van der Waals surface area contributed by atoms with Crippen LogP contribution >= 0.6 is 11.8 Å². The van der Waals surface area contributed by atoms with Crippen LogP contribution in [-0.2, 0) is 19.1 Å². The molecule has 2 aromatic rings. The van der Waals surface area contributed by atoms with Crippen LogP contribution in [-0.4, -0.2) is 36.8 Å². The molecule has 2 N–H and O–H groups in total. The highest BCUT2D eigenvalue weighted by atomic mass is 32.2. The largest absolute Gasteiger partial charge is 0.495 e. The molecule has 0 fully saturated rings. The van der Waals surface area contributed by atoms with Gasteiger partial charge in [0.15, 0.2) is 6.61 Å². The van der Waals surface area contributed by atoms with Gasteiger partial charge in [-0.3, -0.25) is 14.4 Å². The molecule has 0 saturated heterocycles. The molecule has 0 aliphatic carbocycles. The van der Waals surface area contributed by atoms with Gasteiger partial charge in [0.1, 0.15) is 11.0 Å². The number of anilines is 2. The SMILES string of the molecule is COc1ccc(NC(C)=O)cc1NC(=O)COC(=O)C(C)Sc1ccccc1. The number of benzene rings is 2. The fraction of sp³-hybridized carbons (Fsp3) is 0.250. The zero-order chi connectivity index (χ0) is 20.5. The summed E-state index contributed by atoms with van der Waals surface area (Å²) in [6.45, 7) is 2.68. The lowest BCUT2D eigenvalue weighted by Crippen LogP contribution is -2.25. The quantitative estimate of drug-likeness (QED) is 0.520. The van der Waals surface area contributed by atoms with Gasteiger partial charge in [-0.15, -0.1) is 11.8 Å². The Morgan fingerprint density at radius 2 is 1.79 bits per heavy atom. The highest BCUT2D eigenvalue weighted by molar-refractivity contribution is 8.00. The highest BCUT2D eigenvalue weighted by Gasteiger charge is 2.18. The molecule has 2 rings (SSSR count). The molecule has 7 nitrogen and oxygen atoms in total. The molecule has 1 atom stereocenters. The molecular formula is C20H22N2O5S. The Morgan fingerprint density at radius 3 is 2.43 bits per heavy atom. The Morgan fingerprint density at radius 1 is 1.07 bits per heavy atom. The van der Waals surface area contributed by atoms with Gasteiger partial charge in [0.25, 0.3) is 5.91 Å². The van der Waals surface area contributed by atoms with Crippen molar-refractivity contribution in [3.8, 4) is 5.75 Å². The summed E-state index contributed by atoms with van der Waals surface area (Å²) in [6.07, 6.45) is 0. The molecule has 0 spiro atoms. The van der Waals surface area contributed by atoms with E-state index in [4.69, 9.17) is 9.47 Å². The lowest BCUT2D eigenvalue weighted by Gasteiger charge is -2.14. The summed E-state index contributed by atoms with van der Waals surface area (Å²) < 4.78 is 10.3. The van der Waals surface area contributed by atoms with Crippen molar-refractivity contribution in [2.24, 2.45) is 0 Å². The Balaban J connectivity index is 1.91. The zero-order valence-electron chi connectivity index (χ0n) is 15.9. The summed E-state index contributed by atoms with van der Waals surface area (Å²) in [7, 11) is 1.46. The molecule has 28 heavy (non-hydrogen) atoms. The van der Waals surface area contributed by atoms with Crippen LogP contribution < -0.4 is 15.4 Å². The van der Waals surface area contributed by atoms with Crippen LogP contribution in [0.25, 0.3) is 0 Å². The monoisotopic (exact) mass is 402 g/mol. The zero-order valence-corrected chi connectivity index (χ0v) is 16.7. The highest BCUT2D eigenvalue weighted by Crippen LogP contribution is 2.28. The fourth-order valence-electron chi connectivity index (χ4n) is 2.28. The number of carbonyl (C=O) groups excluding carboxylic acids is 3. The standard InChI is InChI=1S/C20H22N2O5S/c1-13(28-16-7-5-4-6-8-16)20(25)27-12-19(24)22-17-11-15(21-14(2)23)9-10-18(17)26-3/h4-11,13H,12H2,1-3H3,(H,21,23)(H,22,24). The summed E-state index contributed by atoms with van der Waals surface area (Å²) >= 11 is 1.35. The number of rotatable bonds is 8. The average molecular weight is 402 g/mol. The first-order valence-corrected chi connectivity index (χ1v) is 9.41. The van der Waals surface area contributed by atoms with Crippen LogP contribution in [0, 0.1) is 0 Å². The summed E-state index contributed by atoms with van der Waals surface area (Å²) in [4.78, 5) is 36.4. The first kappa shape index (κ1) is 21.3. The summed E-state index contributed by atoms with van der Waals surface area (Å²) in [5.74, 6) is -0.811. The second kappa shape index (κ2) is 10.4. The maximum atomic E-state index is 12.2. The van der Waals surface area contributed by atoms with Crippen molar-refractivity contribution >= 4 is 40.9 Å². The first-order chi connectivity index (χ1) is 13.4. The number of hydrogen-bond acceptors (Lipinski definition) is 6. The molecule has 0 aromatic heterocycles. The molecule has 1 unspecified atom stereocenters. The van der Waals surface area contributed by atoms with Gasteiger partial charge < -0.3 is 20.1 Å². The van der Waals surface area contributed by atoms with E-state index in [0.717, 1.165) is 4.90 Å². The number of carbonyl (C=O) groups is 3. The van der Waals surface area contributed by atoms with E-state index in [1.807, 2.05) is 30.3 Å². The average Bonchev–Trinajstić information content (AvgIpc) is 2.66. The summed E-state index contributed by atoms with van der Waals surface area (Å²) in [6, 6.07) is 14.3. The Bertz CT molecular complexity index is 842. The van der Waals surface area contributed by atoms with E-state index in [2.05, 4.69) is 10.6 Å². The van der Waals surface area contributed by atoms with E-state index in [-0.39, 0.29) is 5.91 Å². The molecule has 8 heteroatoms. The molecule has 148 valence electrons. The van der Waals surface area contributed by atoms with Crippen molar-refractivity contribution in [3.63, 3.8) is 0 Å². The minimum atomic E-state index is -0.511. The van der Waals surface area contributed by atoms with Crippen LogP contribution in [0.4, 0.5) is 11.4 Å². The predicted molar refractivity (Wildman–Crippen MR) is 109 cm³/mol. The van der Waals surface area contributed by atoms with Crippen molar-refractivity contribution in [1.29, 1.82) is 0 Å². The van der Waals surface area contributed by atoms with Gasteiger partial charge in [-0.1, -0.05) is 18.2 Å². The second-order valence-corrected chi connectivity index (χ2v) is 7.24. The van der Waals surface area contributed by atoms with Crippen molar-refractivity contribution in [2.45, 2.75) is 24.0 Å². The number of thioether (sulfide) groups is 1. The molecule has 2 aromatic carbocycles. The van der Waals surface area contributed by atoms with Crippen molar-refractivity contribution in [2.75, 3.05) is 24.4 Å². The van der Waals surface area contributed by atoms with Gasteiger partial charge >= 0.3 is 5.97 Å². The van der Waals surface area contributed by atoms with Crippen LogP contribution in [0.2, 0.25) is 0 Å². The van der Waals surface area contributed by atoms with Gasteiger partial charge in [0, 0.05) is 17.5 Å². The summed E-state index contributed by atoms with van der Waals surface area (Å²) in [5.41, 5.74) is 0.870. The molecule has 0 aliphatic rings. The number of ether oxygens (including phenoxy) is 2. The molecule has 0 heterocycles. The number of nitrogens with one attached hydrogen (secondary N) is 2. The molecule has 0 radical (unpaired) electrons. The molecule has 0 saturated carbocycles. The lowest BCUT2D eigenvalue weighted by atomic mass is 10.2. The number of amides is 2. The maximum Gasteiger partial charge on any atom is 0.319 e.